The number of aromatic nitrogens is 1. The van der Waals surface area contributed by atoms with Gasteiger partial charge in [-0.3, -0.25) is 4.79 Å². The standard InChI is InChI=1S/C17H21N3O2/c1-13(2)10-18-16-9-8-14(11-19-16)20-17(21)12-22-15-6-4-3-5-7-15/h3-9,11,13H,10,12H2,1-2H3,(H,18,19)(H,20,21). The van der Waals surface area contributed by atoms with E-state index >= 15 is 0 Å². The molecule has 0 fully saturated rings. The fourth-order valence-electron chi connectivity index (χ4n) is 1.74. The second kappa shape index (κ2) is 8.02. The molecule has 1 heterocycles. The Labute approximate surface area is 130 Å². The Balaban J connectivity index is 1.79. The van der Waals surface area contributed by atoms with Crippen molar-refractivity contribution in [2.75, 3.05) is 23.8 Å². The summed E-state index contributed by atoms with van der Waals surface area (Å²) in [6.45, 7) is 5.10. The Bertz CT molecular complexity index is 583. The number of carbonyl (C=O) groups is 1. The second-order valence-electron chi connectivity index (χ2n) is 5.36. The lowest BCUT2D eigenvalue weighted by atomic mass is 10.2. The Morgan fingerprint density at radius 3 is 2.59 bits per heavy atom. The summed E-state index contributed by atoms with van der Waals surface area (Å²) in [6.07, 6.45) is 1.63. The zero-order valence-electron chi connectivity index (χ0n) is 12.9. The molecule has 5 nitrogen and oxygen atoms in total. The predicted molar refractivity (Wildman–Crippen MR) is 88.1 cm³/mol. The van der Waals surface area contributed by atoms with E-state index in [4.69, 9.17) is 4.74 Å². The maximum absolute atomic E-state index is 11.8. The van der Waals surface area contributed by atoms with Crippen LogP contribution in [0.1, 0.15) is 13.8 Å². The molecular formula is C17H21N3O2. The number of pyridine rings is 1. The number of anilines is 2. The van der Waals surface area contributed by atoms with Crippen LogP contribution in [0.3, 0.4) is 0 Å². The molecule has 2 rings (SSSR count). The maximum Gasteiger partial charge on any atom is 0.262 e. The molecule has 0 aliphatic heterocycles. The predicted octanol–water partition coefficient (Wildman–Crippen LogP) is 3.17. The first kappa shape index (κ1) is 15.8. The van der Waals surface area contributed by atoms with E-state index in [0.717, 1.165) is 12.4 Å². The van der Waals surface area contributed by atoms with Gasteiger partial charge in [-0.25, -0.2) is 4.98 Å². The van der Waals surface area contributed by atoms with Crippen LogP contribution in [0.5, 0.6) is 5.75 Å². The van der Waals surface area contributed by atoms with Gasteiger partial charge in [0.2, 0.25) is 0 Å². The highest BCUT2D eigenvalue weighted by atomic mass is 16.5. The van der Waals surface area contributed by atoms with E-state index in [-0.39, 0.29) is 12.5 Å². The minimum Gasteiger partial charge on any atom is -0.484 e. The highest BCUT2D eigenvalue weighted by Crippen LogP contribution is 2.11. The molecule has 2 N–H and O–H groups in total. The van der Waals surface area contributed by atoms with E-state index in [1.807, 2.05) is 42.5 Å². The monoisotopic (exact) mass is 299 g/mol. The highest BCUT2D eigenvalue weighted by Gasteiger charge is 2.04. The van der Waals surface area contributed by atoms with Crippen molar-refractivity contribution in [3.8, 4) is 5.75 Å². The first-order valence-corrected chi connectivity index (χ1v) is 7.31. The van der Waals surface area contributed by atoms with E-state index < -0.39 is 0 Å². The Morgan fingerprint density at radius 1 is 1.18 bits per heavy atom. The summed E-state index contributed by atoms with van der Waals surface area (Å²) in [4.78, 5) is 16.1. The minimum atomic E-state index is -0.214. The number of hydrogen-bond donors (Lipinski definition) is 2. The normalized spacial score (nSPS) is 10.3. The Morgan fingerprint density at radius 2 is 1.95 bits per heavy atom. The lowest BCUT2D eigenvalue weighted by Crippen LogP contribution is -2.20. The summed E-state index contributed by atoms with van der Waals surface area (Å²) in [6, 6.07) is 12.9. The maximum atomic E-state index is 11.8. The molecule has 0 aliphatic carbocycles. The number of rotatable bonds is 7. The summed E-state index contributed by atoms with van der Waals surface area (Å²) in [5, 5.41) is 5.97. The van der Waals surface area contributed by atoms with Crippen molar-refractivity contribution in [3.05, 3.63) is 48.7 Å². The molecule has 5 heteroatoms. The van der Waals surface area contributed by atoms with Crippen molar-refractivity contribution in [3.63, 3.8) is 0 Å². The number of nitrogens with zero attached hydrogens (tertiary/aromatic N) is 1. The Kier molecular flexibility index (Phi) is 5.77. The second-order valence-corrected chi connectivity index (χ2v) is 5.36. The van der Waals surface area contributed by atoms with Gasteiger partial charge in [0.15, 0.2) is 6.61 Å². The van der Waals surface area contributed by atoms with Crippen LogP contribution < -0.4 is 15.4 Å². The molecule has 0 spiro atoms. The molecule has 1 aromatic carbocycles. The molecule has 0 unspecified atom stereocenters. The van der Waals surface area contributed by atoms with Crippen LogP contribution in [0.15, 0.2) is 48.7 Å². The van der Waals surface area contributed by atoms with Gasteiger partial charge in [-0.05, 0) is 30.2 Å². The third-order valence-electron chi connectivity index (χ3n) is 2.85. The summed E-state index contributed by atoms with van der Waals surface area (Å²) in [5.41, 5.74) is 0.650. The molecule has 0 saturated carbocycles. The summed E-state index contributed by atoms with van der Waals surface area (Å²) in [7, 11) is 0. The van der Waals surface area contributed by atoms with E-state index in [0.29, 0.717) is 17.4 Å². The third-order valence-corrected chi connectivity index (χ3v) is 2.85. The van der Waals surface area contributed by atoms with Crippen molar-refractivity contribution < 1.29 is 9.53 Å². The van der Waals surface area contributed by atoms with Crippen molar-refractivity contribution >= 4 is 17.4 Å². The lowest BCUT2D eigenvalue weighted by molar-refractivity contribution is -0.118. The molecule has 0 atom stereocenters. The highest BCUT2D eigenvalue weighted by molar-refractivity contribution is 5.91. The number of nitrogens with one attached hydrogen (secondary N) is 2. The lowest BCUT2D eigenvalue weighted by Gasteiger charge is -2.10. The van der Waals surface area contributed by atoms with Crippen molar-refractivity contribution in [1.29, 1.82) is 0 Å². The molecule has 2 aromatic rings. The van der Waals surface area contributed by atoms with E-state index in [1.54, 1.807) is 6.20 Å². The number of para-hydroxylation sites is 1. The van der Waals surface area contributed by atoms with Gasteiger partial charge in [0.1, 0.15) is 11.6 Å². The van der Waals surface area contributed by atoms with Crippen LogP contribution in [-0.4, -0.2) is 24.0 Å². The molecule has 0 bridgehead atoms. The van der Waals surface area contributed by atoms with Crippen molar-refractivity contribution in [2.45, 2.75) is 13.8 Å². The topological polar surface area (TPSA) is 63.2 Å². The Hall–Kier alpha value is -2.56. The average molecular weight is 299 g/mol. The van der Waals surface area contributed by atoms with E-state index in [1.165, 1.54) is 0 Å². The van der Waals surface area contributed by atoms with Gasteiger partial charge in [0.05, 0.1) is 11.9 Å². The molecule has 0 aliphatic rings. The molecule has 0 radical (unpaired) electrons. The number of benzene rings is 1. The van der Waals surface area contributed by atoms with Gasteiger partial charge < -0.3 is 15.4 Å². The molecule has 116 valence electrons. The molecule has 1 aromatic heterocycles. The third kappa shape index (κ3) is 5.44. The zero-order chi connectivity index (χ0) is 15.8. The van der Waals surface area contributed by atoms with Gasteiger partial charge in [-0.15, -0.1) is 0 Å². The van der Waals surface area contributed by atoms with E-state index in [2.05, 4.69) is 29.5 Å². The van der Waals surface area contributed by atoms with E-state index in [9.17, 15) is 4.79 Å². The van der Waals surface area contributed by atoms with Gasteiger partial charge in [0, 0.05) is 6.54 Å². The van der Waals surface area contributed by atoms with Crippen LogP contribution >= 0.6 is 0 Å². The fourth-order valence-corrected chi connectivity index (χ4v) is 1.74. The molecule has 22 heavy (non-hydrogen) atoms. The average Bonchev–Trinajstić information content (AvgIpc) is 2.53. The number of hydrogen-bond acceptors (Lipinski definition) is 4. The van der Waals surface area contributed by atoms with Crippen LogP contribution in [0.4, 0.5) is 11.5 Å². The quantitative estimate of drug-likeness (QED) is 0.824. The summed E-state index contributed by atoms with van der Waals surface area (Å²) < 4.78 is 5.38. The van der Waals surface area contributed by atoms with Crippen LogP contribution in [0.25, 0.3) is 0 Å². The zero-order valence-corrected chi connectivity index (χ0v) is 12.9. The first-order valence-electron chi connectivity index (χ1n) is 7.31. The van der Waals surface area contributed by atoms with Crippen LogP contribution in [0, 0.1) is 5.92 Å². The smallest absolute Gasteiger partial charge is 0.262 e. The van der Waals surface area contributed by atoms with Crippen LogP contribution in [-0.2, 0) is 4.79 Å². The molecule has 0 saturated heterocycles. The largest absolute Gasteiger partial charge is 0.484 e. The molecular weight excluding hydrogens is 278 g/mol. The molecule has 1 amide bonds. The SMILES string of the molecule is CC(C)CNc1ccc(NC(=O)COc2ccccc2)cn1. The van der Waals surface area contributed by atoms with Gasteiger partial charge in [-0.2, -0.15) is 0 Å². The minimum absolute atomic E-state index is 0.0304. The summed E-state index contributed by atoms with van der Waals surface area (Å²) >= 11 is 0. The van der Waals surface area contributed by atoms with Crippen molar-refractivity contribution in [1.82, 2.24) is 4.98 Å². The fraction of sp³-hybridized carbons (Fsp3) is 0.294. The van der Waals surface area contributed by atoms with Gasteiger partial charge in [0.25, 0.3) is 5.91 Å². The number of carbonyl (C=O) groups excluding carboxylic acids is 1. The first-order chi connectivity index (χ1) is 10.6. The summed E-state index contributed by atoms with van der Waals surface area (Å²) in [5.74, 6) is 1.81. The van der Waals surface area contributed by atoms with Crippen LogP contribution in [0.2, 0.25) is 0 Å². The van der Waals surface area contributed by atoms with Gasteiger partial charge in [-0.1, -0.05) is 32.0 Å². The van der Waals surface area contributed by atoms with Crippen molar-refractivity contribution in [2.24, 2.45) is 5.92 Å². The number of amides is 1. The number of ether oxygens (including phenoxy) is 1. The van der Waals surface area contributed by atoms with Gasteiger partial charge >= 0.3 is 0 Å².